The van der Waals surface area contributed by atoms with Gasteiger partial charge in [-0.1, -0.05) is 29.8 Å². The average Bonchev–Trinajstić information content (AvgIpc) is 2.46. The summed E-state index contributed by atoms with van der Waals surface area (Å²) < 4.78 is 0. The lowest BCUT2D eigenvalue weighted by atomic mass is 9.86. The largest absolute Gasteiger partial charge is 0.303 e. The maximum absolute atomic E-state index is 8.93. The molecule has 1 aliphatic carbocycles. The third-order valence-electron chi connectivity index (χ3n) is 4.38. The van der Waals surface area contributed by atoms with Crippen LogP contribution in [0.5, 0.6) is 0 Å². The Balaban J connectivity index is 1.77. The maximum atomic E-state index is 8.93. The topological polar surface area (TPSA) is 27.0 Å². The van der Waals surface area contributed by atoms with Gasteiger partial charge in [0, 0.05) is 18.5 Å². The number of aryl methyl sites for hydroxylation is 1. The van der Waals surface area contributed by atoms with Crippen molar-refractivity contribution < 1.29 is 0 Å². The van der Waals surface area contributed by atoms with Gasteiger partial charge in [-0.25, -0.2) is 0 Å². The highest BCUT2D eigenvalue weighted by molar-refractivity contribution is 5.21. The molecular weight excluding hydrogens is 232 g/mol. The van der Waals surface area contributed by atoms with Gasteiger partial charge in [-0.05, 0) is 51.6 Å². The summed E-state index contributed by atoms with van der Waals surface area (Å²) in [6, 6.07) is 11.9. The van der Waals surface area contributed by atoms with Crippen LogP contribution in [0.2, 0.25) is 0 Å². The molecule has 0 aromatic heterocycles. The molecule has 19 heavy (non-hydrogen) atoms. The molecule has 2 heteroatoms. The molecule has 0 heterocycles. The fraction of sp³-hybridized carbons (Fsp3) is 0.588. The molecule has 0 saturated heterocycles. The van der Waals surface area contributed by atoms with Crippen molar-refractivity contribution in [1.82, 2.24) is 4.90 Å². The zero-order chi connectivity index (χ0) is 13.7. The van der Waals surface area contributed by atoms with E-state index >= 15 is 0 Å². The van der Waals surface area contributed by atoms with Gasteiger partial charge in [0.15, 0.2) is 0 Å². The number of hydrogen-bond donors (Lipinski definition) is 0. The van der Waals surface area contributed by atoms with Gasteiger partial charge in [0.05, 0.1) is 6.07 Å². The second-order valence-electron chi connectivity index (χ2n) is 5.85. The van der Waals surface area contributed by atoms with Crippen LogP contribution in [0.3, 0.4) is 0 Å². The van der Waals surface area contributed by atoms with Crippen LogP contribution in [-0.4, -0.2) is 24.5 Å². The summed E-state index contributed by atoms with van der Waals surface area (Å²) in [5.74, 6) is 0.307. The number of nitrogens with zero attached hydrogens (tertiary/aromatic N) is 2. The van der Waals surface area contributed by atoms with E-state index in [1.807, 2.05) is 0 Å². The highest BCUT2D eigenvalue weighted by Gasteiger charge is 2.23. The molecule has 0 amide bonds. The number of likely N-dealkylation sites (N-methyl/N-ethyl adjacent to an activating group) is 1. The Bertz CT molecular complexity index is 422. The van der Waals surface area contributed by atoms with E-state index in [-0.39, 0.29) is 0 Å². The first-order valence-corrected chi connectivity index (χ1v) is 7.34. The monoisotopic (exact) mass is 256 g/mol. The maximum Gasteiger partial charge on any atom is 0.0655 e. The second kappa shape index (κ2) is 6.73. The lowest BCUT2D eigenvalue weighted by molar-refractivity contribution is 0.180. The molecule has 2 rings (SSSR count). The zero-order valence-corrected chi connectivity index (χ0v) is 12.1. The lowest BCUT2D eigenvalue weighted by Crippen LogP contribution is -2.36. The van der Waals surface area contributed by atoms with Gasteiger partial charge in [0.1, 0.15) is 0 Å². The van der Waals surface area contributed by atoms with Crippen molar-refractivity contribution in [3.05, 3.63) is 35.4 Å². The van der Waals surface area contributed by atoms with Crippen molar-refractivity contribution >= 4 is 0 Å². The van der Waals surface area contributed by atoms with Crippen LogP contribution in [0.15, 0.2) is 24.3 Å². The molecule has 0 radical (unpaired) electrons. The molecule has 1 saturated carbocycles. The lowest BCUT2D eigenvalue weighted by Gasteiger charge is -2.32. The summed E-state index contributed by atoms with van der Waals surface area (Å²) >= 11 is 0. The van der Waals surface area contributed by atoms with Gasteiger partial charge in [0.25, 0.3) is 0 Å². The van der Waals surface area contributed by atoms with Crippen molar-refractivity contribution in [3.63, 3.8) is 0 Å². The van der Waals surface area contributed by atoms with E-state index in [2.05, 4.69) is 49.2 Å². The summed E-state index contributed by atoms with van der Waals surface area (Å²) in [6.45, 7) is 3.24. The van der Waals surface area contributed by atoms with Crippen molar-refractivity contribution in [3.8, 4) is 6.07 Å². The minimum absolute atomic E-state index is 0.307. The van der Waals surface area contributed by atoms with Crippen molar-refractivity contribution in [2.24, 2.45) is 5.92 Å². The van der Waals surface area contributed by atoms with Crippen molar-refractivity contribution in [1.29, 1.82) is 5.26 Å². The molecule has 1 fully saturated rings. The summed E-state index contributed by atoms with van der Waals surface area (Å²) in [7, 11) is 2.23. The van der Waals surface area contributed by atoms with Crippen LogP contribution in [0, 0.1) is 24.2 Å². The van der Waals surface area contributed by atoms with E-state index in [9.17, 15) is 0 Å². The highest BCUT2D eigenvalue weighted by Crippen LogP contribution is 2.26. The van der Waals surface area contributed by atoms with E-state index in [1.54, 1.807) is 0 Å². The Morgan fingerprint density at radius 3 is 2.37 bits per heavy atom. The third-order valence-corrected chi connectivity index (χ3v) is 4.38. The quantitative estimate of drug-likeness (QED) is 0.823. The van der Waals surface area contributed by atoms with E-state index in [1.165, 1.54) is 24.0 Å². The summed E-state index contributed by atoms with van der Waals surface area (Å²) in [5, 5.41) is 8.93. The van der Waals surface area contributed by atoms with Crippen LogP contribution < -0.4 is 0 Å². The molecule has 0 spiro atoms. The third kappa shape index (κ3) is 4.08. The molecular formula is C17H24N2. The minimum atomic E-state index is 0.307. The molecule has 1 aromatic carbocycles. The number of hydrogen-bond acceptors (Lipinski definition) is 2. The van der Waals surface area contributed by atoms with Crippen LogP contribution in [0.25, 0.3) is 0 Å². The molecule has 0 aliphatic heterocycles. The van der Waals surface area contributed by atoms with E-state index < -0.39 is 0 Å². The average molecular weight is 256 g/mol. The van der Waals surface area contributed by atoms with Gasteiger partial charge < -0.3 is 4.90 Å². The van der Waals surface area contributed by atoms with Crippen LogP contribution >= 0.6 is 0 Å². The zero-order valence-electron chi connectivity index (χ0n) is 12.1. The molecule has 0 unspecified atom stereocenters. The Kier molecular flexibility index (Phi) is 4.99. The standard InChI is InChI=1S/C17H24N2/c1-14-3-5-15(6-4-14)11-12-19(2)17-9-7-16(13-18)8-10-17/h3-6,16-17H,7-12H2,1-2H3. The second-order valence-corrected chi connectivity index (χ2v) is 5.85. The highest BCUT2D eigenvalue weighted by atomic mass is 15.1. The van der Waals surface area contributed by atoms with E-state index in [4.69, 9.17) is 5.26 Å². The Hall–Kier alpha value is -1.33. The van der Waals surface area contributed by atoms with Gasteiger partial charge in [-0.15, -0.1) is 0 Å². The SMILES string of the molecule is Cc1ccc(CCN(C)C2CCC(C#N)CC2)cc1. The fourth-order valence-electron chi connectivity index (χ4n) is 2.89. The number of benzene rings is 1. The van der Waals surface area contributed by atoms with Gasteiger partial charge in [-0.3, -0.25) is 0 Å². The van der Waals surface area contributed by atoms with Gasteiger partial charge in [0.2, 0.25) is 0 Å². The Morgan fingerprint density at radius 1 is 1.16 bits per heavy atom. The Labute approximate surface area is 117 Å². The normalized spacial score (nSPS) is 23.3. The Morgan fingerprint density at radius 2 is 1.79 bits per heavy atom. The molecule has 1 aromatic rings. The molecule has 102 valence electrons. The van der Waals surface area contributed by atoms with E-state index in [0.717, 1.165) is 25.8 Å². The predicted octanol–water partition coefficient (Wildman–Crippen LogP) is 3.55. The summed E-state index contributed by atoms with van der Waals surface area (Å²) in [6.07, 6.45) is 5.65. The summed E-state index contributed by atoms with van der Waals surface area (Å²) in [5.41, 5.74) is 2.75. The van der Waals surface area contributed by atoms with Gasteiger partial charge >= 0.3 is 0 Å². The van der Waals surface area contributed by atoms with Crippen LogP contribution in [-0.2, 0) is 6.42 Å². The molecule has 0 bridgehead atoms. The first-order valence-electron chi connectivity index (χ1n) is 7.34. The molecule has 2 nitrogen and oxygen atoms in total. The number of nitriles is 1. The first-order chi connectivity index (χ1) is 9.19. The van der Waals surface area contributed by atoms with E-state index in [0.29, 0.717) is 12.0 Å². The minimum Gasteiger partial charge on any atom is -0.303 e. The number of rotatable bonds is 4. The van der Waals surface area contributed by atoms with Crippen LogP contribution in [0.4, 0.5) is 0 Å². The smallest absolute Gasteiger partial charge is 0.0655 e. The van der Waals surface area contributed by atoms with Gasteiger partial charge in [-0.2, -0.15) is 5.26 Å². The van der Waals surface area contributed by atoms with Crippen LogP contribution in [0.1, 0.15) is 36.8 Å². The first kappa shape index (κ1) is 14.1. The van der Waals surface area contributed by atoms with Crippen molar-refractivity contribution in [2.75, 3.05) is 13.6 Å². The molecule has 0 N–H and O–H groups in total. The molecule has 0 atom stereocenters. The molecule has 1 aliphatic rings. The fourth-order valence-corrected chi connectivity index (χ4v) is 2.89. The predicted molar refractivity (Wildman–Crippen MR) is 78.9 cm³/mol. The summed E-state index contributed by atoms with van der Waals surface area (Å²) in [4.78, 5) is 2.48. The van der Waals surface area contributed by atoms with Crippen molar-refractivity contribution in [2.45, 2.75) is 45.1 Å².